The van der Waals surface area contributed by atoms with E-state index in [1.54, 1.807) is 42.5 Å². The third kappa shape index (κ3) is 5.48. The molecule has 10 nitrogen and oxygen atoms in total. The van der Waals surface area contributed by atoms with Crippen molar-refractivity contribution in [1.82, 2.24) is 14.3 Å². The molecule has 1 unspecified atom stereocenters. The number of fused-ring (bicyclic) bond motifs is 1. The Balaban J connectivity index is 1.49. The molecular weight excluding hydrogens is 474 g/mol. The van der Waals surface area contributed by atoms with Crippen LogP contribution in [0.2, 0.25) is 0 Å². The van der Waals surface area contributed by atoms with Crippen LogP contribution in [0.1, 0.15) is 6.42 Å². The third-order valence-electron chi connectivity index (χ3n) is 5.24. The monoisotopic (exact) mass is 495 g/mol. The van der Waals surface area contributed by atoms with Gasteiger partial charge < -0.3 is 14.8 Å². The van der Waals surface area contributed by atoms with Gasteiger partial charge in [0, 0.05) is 6.54 Å². The number of rotatable bonds is 9. The highest BCUT2D eigenvalue weighted by Crippen LogP contribution is 2.22. The highest BCUT2D eigenvalue weighted by Gasteiger charge is 2.26. The van der Waals surface area contributed by atoms with E-state index in [9.17, 15) is 27.9 Å². The van der Waals surface area contributed by atoms with Gasteiger partial charge >= 0.3 is 11.7 Å². The van der Waals surface area contributed by atoms with Crippen molar-refractivity contribution in [3.8, 4) is 11.5 Å². The topological polar surface area (TPSA) is 148 Å². The quantitative estimate of drug-likeness (QED) is 0.323. The van der Waals surface area contributed by atoms with Gasteiger partial charge in [-0.3, -0.25) is 14.2 Å². The number of para-hydroxylation sites is 2. The summed E-state index contributed by atoms with van der Waals surface area (Å²) in [5.74, 6) is -0.464. The predicted molar refractivity (Wildman–Crippen MR) is 128 cm³/mol. The van der Waals surface area contributed by atoms with Gasteiger partial charge in [-0.2, -0.15) is 4.72 Å². The van der Waals surface area contributed by atoms with Crippen LogP contribution in [-0.4, -0.2) is 35.1 Å². The lowest BCUT2D eigenvalue weighted by molar-refractivity contribution is -0.139. The first-order valence-electron chi connectivity index (χ1n) is 10.5. The molecule has 0 bridgehead atoms. The van der Waals surface area contributed by atoms with Crippen LogP contribution in [-0.2, 0) is 21.4 Å². The Bertz CT molecular complexity index is 1580. The third-order valence-corrected chi connectivity index (χ3v) is 6.73. The van der Waals surface area contributed by atoms with E-state index in [0.29, 0.717) is 17.0 Å². The molecule has 0 aliphatic heterocycles. The number of carboxylic acids is 1. The van der Waals surface area contributed by atoms with Crippen LogP contribution in [0.5, 0.6) is 11.5 Å². The predicted octanol–water partition coefficient (Wildman–Crippen LogP) is 2.30. The second kappa shape index (κ2) is 9.95. The summed E-state index contributed by atoms with van der Waals surface area (Å²) in [5.41, 5.74) is -0.950. The molecule has 0 aliphatic rings. The number of sulfonamides is 1. The number of ether oxygens (including phenoxy) is 1. The summed E-state index contributed by atoms with van der Waals surface area (Å²) in [4.78, 5) is 39.1. The molecule has 4 aromatic rings. The fourth-order valence-electron chi connectivity index (χ4n) is 3.46. The van der Waals surface area contributed by atoms with Gasteiger partial charge in [-0.15, -0.1) is 0 Å². The average molecular weight is 496 g/mol. The highest BCUT2D eigenvalue weighted by molar-refractivity contribution is 7.89. The largest absolute Gasteiger partial charge is 0.480 e. The van der Waals surface area contributed by atoms with E-state index in [-0.39, 0.29) is 23.2 Å². The van der Waals surface area contributed by atoms with Crippen LogP contribution >= 0.6 is 0 Å². The van der Waals surface area contributed by atoms with Crippen LogP contribution in [0, 0.1) is 0 Å². The highest BCUT2D eigenvalue weighted by atomic mass is 32.2. The van der Waals surface area contributed by atoms with E-state index >= 15 is 0 Å². The maximum absolute atomic E-state index is 12.8. The van der Waals surface area contributed by atoms with Crippen molar-refractivity contribution < 1.29 is 23.1 Å². The Morgan fingerprint density at radius 3 is 2.26 bits per heavy atom. The number of hydrogen-bond acceptors (Lipinski definition) is 6. The van der Waals surface area contributed by atoms with E-state index in [1.807, 2.05) is 6.07 Å². The maximum atomic E-state index is 12.8. The molecule has 3 aromatic carbocycles. The molecule has 11 heteroatoms. The van der Waals surface area contributed by atoms with Gasteiger partial charge in [0.05, 0.1) is 15.8 Å². The summed E-state index contributed by atoms with van der Waals surface area (Å²) in [5, 5.41) is 9.82. The summed E-state index contributed by atoms with van der Waals surface area (Å²) in [7, 11) is -4.21. The summed E-state index contributed by atoms with van der Waals surface area (Å²) >= 11 is 0. The van der Waals surface area contributed by atoms with E-state index in [0.717, 1.165) is 4.57 Å². The van der Waals surface area contributed by atoms with Crippen molar-refractivity contribution >= 4 is 26.9 Å². The van der Waals surface area contributed by atoms with Crippen LogP contribution in [0.4, 0.5) is 0 Å². The van der Waals surface area contributed by atoms with Gasteiger partial charge in [-0.05, 0) is 55.0 Å². The minimum Gasteiger partial charge on any atom is -0.480 e. The Labute approximate surface area is 199 Å². The molecule has 180 valence electrons. The number of nitrogens with one attached hydrogen (secondary N) is 2. The number of aliphatic carboxylic acids is 1. The summed E-state index contributed by atoms with van der Waals surface area (Å²) in [6.45, 7) is -0.303. The number of aromatic nitrogens is 2. The zero-order chi connectivity index (χ0) is 25.0. The van der Waals surface area contributed by atoms with Gasteiger partial charge in [-0.25, -0.2) is 13.2 Å². The maximum Gasteiger partial charge on any atom is 0.328 e. The molecule has 1 aromatic heterocycles. The zero-order valence-electron chi connectivity index (χ0n) is 18.2. The lowest BCUT2D eigenvalue weighted by atomic mass is 10.2. The SMILES string of the molecule is O=C(O)C(CCn1c(=O)[nH]c2ccccc2c1=O)NS(=O)(=O)c1ccc(Oc2ccccc2)cc1. The Kier molecular flexibility index (Phi) is 6.80. The van der Waals surface area contributed by atoms with E-state index < -0.39 is 33.3 Å². The van der Waals surface area contributed by atoms with Crippen LogP contribution < -0.4 is 20.7 Å². The molecule has 1 atom stereocenters. The number of carboxylic acid groups (broad SMARTS) is 1. The molecule has 1 heterocycles. The normalized spacial score (nSPS) is 12.3. The fraction of sp³-hybridized carbons (Fsp3) is 0.125. The first kappa shape index (κ1) is 23.9. The van der Waals surface area contributed by atoms with Crippen molar-refractivity contribution in [1.29, 1.82) is 0 Å². The second-order valence-corrected chi connectivity index (χ2v) is 9.33. The van der Waals surface area contributed by atoms with Crippen LogP contribution in [0.25, 0.3) is 10.9 Å². The molecule has 3 N–H and O–H groups in total. The first-order chi connectivity index (χ1) is 16.7. The Hall–Kier alpha value is -4.22. The first-order valence-corrected chi connectivity index (χ1v) is 12.0. The minimum absolute atomic E-state index is 0.162. The molecule has 0 fully saturated rings. The molecule has 0 saturated heterocycles. The molecule has 0 radical (unpaired) electrons. The second-order valence-electron chi connectivity index (χ2n) is 7.62. The zero-order valence-corrected chi connectivity index (χ0v) is 19.1. The lowest BCUT2D eigenvalue weighted by Gasteiger charge is -2.16. The number of nitrogens with zero attached hydrogens (tertiary/aromatic N) is 1. The van der Waals surface area contributed by atoms with Crippen molar-refractivity contribution in [2.75, 3.05) is 0 Å². The van der Waals surface area contributed by atoms with Crippen LogP contribution in [0.15, 0.2) is 93.3 Å². The molecule has 35 heavy (non-hydrogen) atoms. The summed E-state index contributed by atoms with van der Waals surface area (Å²) in [6, 6.07) is 19.2. The summed E-state index contributed by atoms with van der Waals surface area (Å²) < 4.78 is 34.2. The average Bonchev–Trinajstić information content (AvgIpc) is 2.84. The number of aromatic amines is 1. The van der Waals surface area contributed by atoms with Crippen LogP contribution in [0.3, 0.4) is 0 Å². The van der Waals surface area contributed by atoms with Gasteiger partial charge in [0.2, 0.25) is 10.0 Å². The number of carbonyl (C=O) groups is 1. The van der Waals surface area contributed by atoms with Gasteiger partial charge in [-0.1, -0.05) is 30.3 Å². The lowest BCUT2D eigenvalue weighted by Crippen LogP contribution is -2.43. The molecule has 0 aliphatic carbocycles. The van der Waals surface area contributed by atoms with E-state index in [1.165, 1.54) is 30.3 Å². The van der Waals surface area contributed by atoms with Crippen molar-refractivity contribution in [2.24, 2.45) is 0 Å². The minimum atomic E-state index is -4.21. The fourth-order valence-corrected chi connectivity index (χ4v) is 4.68. The van der Waals surface area contributed by atoms with Gasteiger partial charge in [0.15, 0.2) is 0 Å². The Morgan fingerprint density at radius 2 is 1.57 bits per heavy atom. The van der Waals surface area contributed by atoms with Crippen molar-refractivity contribution in [3.63, 3.8) is 0 Å². The molecule has 4 rings (SSSR count). The van der Waals surface area contributed by atoms with Gasteiger partial charge in [0.1, 0.15) is 17.5 Å². The number of H-pyrrole nitrogens is 1. The van der Waals surface area contributed by atoms with Crippen molar-refractivity contribution in [3.05, 3.63) is 99.7 Å². The smallest absolute Gasteiger partial charge is 0.328 e. The van der Waals surface area contributed by atoms with Gasteiger partial charge in [0.25, 0.3) is 5.56 Å². The molecule has 0 amide bonds. The van der Waals surface area contributed by atoms with E-state index in [4.69, 9.17) is 4.74 Å². The molecule has 0 spiro atoms. The molecular formula is C24H21N3O7S. The van der Waals surface area contributed by atoms with Crippen molar-refractivity contribution in [2.45, 2.75) is 23.9 Å². The number of hydrogen-bond donors (Lipinski definition) is 3. The summed E-state index contributed by atoms with van der Waals surface area (Å²) in [6.07, 6.45) is -0.328. The van der Waals surface area contributed by atoms with E-state index in [2.05, 4.69) is 9.71 Å². The standard InChI is InChI=1S/C24H21N3O7S/c28-22-19-8-4-5-9-20(19)25-24(31)27(22)15-14-21(23(29)30)26-35(32,33)18-12-10-17(11-13-18)34-16-6-2-1-3-7-16/h1-13,21,26H,14-15H2,(H,25,31)(H,29,30). The molecule has 0 saturated carbocycles. The Morgan fingerprint density at radius 1 is 0.943 bits per heavy atom. The number of benzene rings is 3.